The zero-order valence-electron chi connectivity index (χ0n) is 16.0. The zero-order chi connectivity index (χ0) is 21.4. The van der Waals surface area contributed by atoms with Crippen LogP contribution in [0.25, 0.3) is 0 Å². The topological polar surface area (TPSA) is 58.6 Å². The monoisotopic (exact) mass is 477 g/mol. The van der Waals surface area contributed by atoms with E-state index in [0.29, 0.717) is 39.9 Å². The maximum absolute atomic E-state index is 11.2. The third kappa shape index (κ3) is 7.23. The first-order valence-corrected chi connectivity index (χ1v) is 10.8. The first-order chi connectivity index (χ1) is 13.8. The number of hydrogen-bond acceptors (Lipinski definition) is 3. The lowest BCUT2D eigenvalue weighted by Gasteiger charge is -2.18. The van der Waals surface area contributed by atoms with Gasteiger partial charge in [0, 0.05) is 34.6 Å². The molecule has 0 aromatic heterocycles. The van der Waals surface area contributed by atoms with Gasteiger partial charge in [-0.2, -0.15) is 0 Å². The number of nitrogens with one attached hydrogen (secondary N) is 1. The number of aliphatic hydroxyl groups is 1. The van der Waals surface area contributed by atoms with E-state index in [4.69, 9.17) is 51.1 Å². The number of carbonyl (C=O) groups excluding carboxylic acids is 1. The van der Waals surface area contributed by atoms with Crippen LogP contribution in [0, 0.1) is 0 Å². The number of aliphatic hydroxyl groups excluding tert-OH is 1. The van der Waals surface area contributed by atoms with Gasteiger partial charge in [0.05, 0.1) is 16.7 Å². The highest BCUT2D eigenvalue weighted by Gasteiger charge is 2.21. The predicted octanol–water partition coefficient (Wildman–Crippen LogP) is 6.46. The van der Waals surface area contributed by atoms with Gasteiger partial charge in [-0.15, -0.1) is 0 Å². The highest BCUT2D eigenvalue weighted by Crippen LogP contribution is 2.39. The highest BCUT2D eigenvalue weighted by molar-refractivity contribution is 6.37. The molecule has 0 aliphatic carbocycles. The second kappa shape index (κ2) is 11.9. The third-order valence-electron chi connectivity index (χ3n) is 4.43. The SMILES string of the molecule is CNC(=O)CCCCCCOc1cc(Cl)c(C(O)c2ccc(Cl)cc2Cl)c(Cl)c1. The van der Waals surface area contributed by atoms with E-state index >= 15 is 0 Å². The van der Waals surface area contributed by atoms with E-state index in [0.717, 1.165) is 25.7 Å². The molecule has 0 aliphatic heterocycles. The van der Waals surface area contributed by atoms with Crippen LogP contribution in [0.4, 0.5) is 0 Å². The number of unbranched alkanes of at least 4 members (excludes halogenated alkanes) is 3. The van der Waals surface area contributed by atoms with Crippen molar-refractivity contribution in [2.45, 2.75) is 38.2 Å². The minimum atomic E-state index is -1.09. The van der Waals surface area contributed by atoms with Crippen molar-refractivity contribution in [2.75, 3.05) is 13.7 Å². The van der Waals surface area contributed by atoms with Crippen LogP contribution < -0.4 is 10.1 Å². The smallest absolute Gasteiger partial charge is 0.219 e. The number of halogens is 4. The second-order valence-electron chi connectivity index (χ2n) is 6.55. The van der Waals surface area contributed by atoms with Gasteiger partial charge >= 0.3 is 0 Å². The van der Waals surface area contributed by atoms with Crippen LogP contribution in [0.1, 0.15) is 49.3 Å². The van der Waals surface area contributed by atoms with Crippen LogP contribution in [0.5, 0.6) is 5.75 Å². The molecule has 8 heteroatoms. The number of benzene rings is 2. The molecule has 1 atom stereocenters. The van der Waals surface area contributed by atoms with Gasteiger partial charge in [0.2, 0.25) is 5.91 Å². The largest absolute Gasteiger partial charge is 0.493 e. The fraction of sp³-hybridized carbons (Fsp3) is 0.381. The lowest BCUT2D eigenvalue weighted by molar-refractivity contribution is -0.120. The Morgan fingerprint density at radius 1 is 1.00 bits per heavy atom. The molecular weight excluding hydrogens is 456 g/mol. The van der Waals surface area contributed by atoms with Crippen LogP contribution >= 0.6 is 46.4 Å². The van der Waals surface area contributed by atoms with E-state index in [-0.39, 0.29) is 16.0 Å². The van der Waals surface area contributed by atoms with Gasteiger partial charge in [0.25, 0.3) is 0 Å². The lowest BCUT2D eigenvalue weighted by atomic mass is 10.0. The molecule has 1 unspecified atom stereocenters. The molecule has 2 rings (SSSR count). The van der Waals surface area contributed by atoms with E-state index in [1.165, 1.54) is 0 Å². The van der Waals surface area contributed by atoms with Crippen molar-refractivity contribution in [3.05, 3.63) is 61.5 Å². The quantitative estimate of drug-likeness (QED) is 0.385. The Balaban J connectivity index is 1.92. The minimum absolute atomic E-state index is 0.0627. The summed E-state index contributed by atoms with van der Waals surface area (Å²) in [5.41, 5.74) is 0.824. The molecule has 0 aliphatic rings. The predicted molar refractivity (Wildman–Crippen MR) is 120 cm³/mol. The first kappa shape index (κ1) is 24.1. The number of carbonyl (C=O) groups is 1. The van der Waals surface area contributed by atoms with E-state index in [1.54, 1.807) is 37.4 Å². The molecule has 0 heterocycles. The molecule has 2 aromatic rings. The van der Waals surface area contributed by atoms with E-state index in [9.17, 15) is 9.90 Å². The average Bonchev–Trinajstić information content (AvgIpc) is 2.66. The Morgan fingerprint density at radius 2 is 1.66 bits per heavy atom. The normalized spacial score (nSPS) is 11.9. The van der Waals surface area contributed by atoms with E-state index in [2.05, 4.69) is 5.32 Å². The minimum Gasteiger partial charge on any atom is -0.493 e. The fourth-order valence-corrected chi connectivity index (χ4v) is 4.03. The van der Waals surface area contributed by atoms with Crippen LogP contribution in [0.15, 0.2) is 30.3 Å². The molecule has 0 saturated carbocycles. The summed E-state index contributed by atoms with van der Waals surface area (Å²) in [5, 5.41) is 14.7. The Labute approximate surface area is 191 Å². The van der Waals surface area contributed by atoms with Gasteiger partial charge in [0.1, 0.15) is 11.9 Å². The fourth-order valence-electron chi connectivity index (χ4n) is 2.84. The van der Waals surface area contributed by atoms with Crippen LogP contribution in [-0.4, -0.2) is 24.7 Å². The summed E-state index contributed by atoms with van der Waals surface area (Å²) in [6.45, 7) is 0.511. The van der Waals surface area contributed by atoms with Crippen molar-refractivity contribution >= 4 is 52.3 Å². The number of ether oxygens (including phenoxy) is 1. The van der Waals surface area contributed by atoms with Crippen molar-refractivity contribution in [2.24, 2.45) is 0 Å². The summed E-state index contributed by atoms with van der Waals surface area (Å²) >= 11 is 24.8. The van der Waals surface area contributed by atoms with Gasteiger partial charge in [-0.25, -0.2) is 0 Å². The molecule has 0 bridgehead atoms. The Kier molecular flexibility index (Phi) is 9.87. The molecule has 4 nitrogen and oxygen atoms in total. The molecule has 158 valence electrons. The molecule has 29 heavy (non-hydrogen) atoms. The Hall–Kier alpha value is -1.17. The molecule has 0 fully saturated rings. The summed E-state index contributed by atoms with van der Waals surface area (Å²) in [4.78, 5) is 11.2. The molecular formula is C21H23Cl4NO3. The van der Waals surface area contributed by atoms with Gasteiger partial charge in [-0.1, -0.05) is 65.3 Å². The zero-order valence-corrected chi connectivity index (χ0v) is 19.0. The summed E-state index contributed by atoms with van der Waals surface area (Å²) in [5.74, 6) is 0.594. The Morgan fingerprint density at radius 3 is 2.28 bits per heavy atom. The molecule has 0 saturated heterocycles. The van der Waals surface area contributed by atoms with Crippen LogP contribution in [0.3, 0.4) is 0 Å². The molecule has 2 aromatic carbocycles. The second-order valence-corrected chi connectivity index (χ2v) is 8.21. The molecule has 2 N–H and O–H groups in total. The van der Waals surface area contributed by atoms with Crippen LogP contribution in [-0.2, 0) is 4.79 Å². The van der Waals surface area contributed by atoms with Crippen molar-refractivity contribution in [3.63, 3.8) is 0 Å². The van der Waals surface area contributed by atoms with Gasteiger partial charge in [-0.3, -0.25) is 4.79 Å². The van der Waals surface area contributed by atoms with E-state index < -0.39 is 6.10 Å². The van der Waals surface area contributed by atoms with Crippen LogP contribution in [0.2, 0.25) is 20.1 Å². The van der Waals surface area contributed by atoms with Crippen molar-refractivity contribution in [3.8, 4) is 5.75 Å². The first-order valence-electron chi connectivity index (χ1n) is 9.28. The van der Waals surface area contributed by atoms with Crippen molar-refractivity contribution in [1.82, 2.24) is 5.32 Å². The molecule has 1 amide bonds. The third-order valence-corrected chi connectivity index (χ3v) is 5.62. The van der Waals surface area contributed by atoms with Crippen molar-refractivity contribution < 1.29 is 14.6 Å². The summed E-state index contributed by atoms with van der Waals surface area (Å²) in [6.07, 6.45) is 3.10. The van der Waals surface area contributed by atoms with Gasteiger partial charge < -0.3 is 15.2 Å². The maximum Gasteiger partial charge on any atom is 0.219 e. The summed E-state index contributed by atoms with van der Waals surface area (Å²) < 4.78 is 5.72. The Bertz CT molecular complexity index is 822. The summed E-state index contributed by atoms with van der Waals surface area (Å²) in [7, 11) is 1.64. The molecule has 0 spiro atoms. The van der Waals surface area contributed by atoms with Gasteiger partial charge in [-0.05, 0) is 37.1 Å². The summed E-state index contributed by atoms with van der Waals surface area (Å²) in [6, 6.07) is 8.08. The van der Waals surface area contributed by atoms with Gasteiger partial charge in [0.15, 0.2) is 0 Å². The molecule has 0 radical (unpaired) electrons. The number of hydrogen-bond donors (Lipinski definition) is 2. The maximum atomic E-state index is 11.2. The number of rotatable bonds is 10. The number of amides is 1. The highest BCUT2D eigenvalue weighted by atomic mass is 35.5. The van der Waals surface area contributed by atoms with E-state index in [1.807, 2.05) is 0 Å². The average molecular weight is 479 g/mol. The lowest BCUT2D eigenvalue weighted by Crippen LogP contribution is -2.16. The van der Waals surface area contributed by atoms with Crippen molar-refractivity contribution in [1.29, 1.82) is 0 Å². The standard InChI is InChI=1S/C21H23Cl4NO3/c1-26-19(27)6-4-2-3-5-9-29-14-11-17(24)20(18(25)12-14)21(28)15-8-7-13(22)10-16(15)23/h7-8,10-12,21,28H,2-6,9H2,1H3,(H,26,27).